The van der Waals surface area contributed by atoms with Gasteiger partial charge < -0.3 is 4.89 Å². The molecule has 2 nitrogen and oxygen atoms in total. The third-order valence-electron chi connectivity index (χ3n) is 2.33. The minimum atomic E-state index is -0.317. The first-order valence-corrected chi connectivity index (χ1v) is 6.06. The molecule has 2 heteroatoms. The molecule has 0 bridgehead atoms. The average Bonchev–Trinajstić information content (AvgIpc) is 2.37. The Morgan fingerprint density at radius 3 is 2.11 bits per heavy atom. The lowest BCUT2D eigenvalue weighted by molar-refractivity contribution is -0.274. The van der Waals surface area contributed by atoms with Crippen LogP contribution in [0.1, 0.15) is 20.8 Å². The first-order chi connectivity index (χ1) is 8.54. The van der Waals surface area contributed by atoms with E-state index < -0.39 is 0 Å². The van der Waals surface area contributed by atoms with E-state index in [0.717, 1.165) is 5.56 Å². The molecule has 0 heterocycles. The van der Waals surface area contributed by atoms with Crippen molar-refractivity contribution in [1.29, 1.82) is 0 Å². The van der Waals surface area contributed by atoms with Crippen LogP contribution in [-0.2, 0) is 4.89 Å². The van der Waals surface area contributed by atoms with Crippen LogP contribution in [0.3, 0.4) is 0 Å². The van der Waals surface area contributed by atoms with Gasteiger partial charge in [0.05, 0.1) is 0 Å². The largest absolute Gasteiger partial charge is 0.337 e. The van der Waals surface area contributed by atoms with Crippen LogP contribution < -0.4 is 4.89 Å². The van der Waals surface area contributed by atoms with E-state index in [-0.39, 0.29) is 5.60 Å². The molecule has 2 rings (SSSR count). The average molecular weight is 242 g/mol. The molecule has 0 aromatic heterocycles. The van der Waals surface area contributed by atoms with Crippen LogP contribution in [0.5, 0.6) is 5.75 Å². The highest BCUT2D eigenvalue weighted by Crippen LogP contribution is 2.24. The molecular weight excluding hydrogens is 224 g/mol. The van der Waals surface area contributed by atoms with Crippen molar-refractivity contribution in [2.75, 3.05) is 0 Å². The Kier molecular flexibility index (Phi) is 3.68. The van der Waals surface area contributed by atoms with Gasteiger partial charge in [0, 0.05) is 0 Å². The van der Waals surface area contributed by atoms with Crippen molar-refractivity contribution < 1.29 is 9.78 Å². The number of rotatable bonds is 3. The van der Waals surface area contributed by atoms with Crippen molar-refractivity contribution in [2.24, 2.45) is 0 Å². The second kappa shape index (κ2) is 5.23. The first kappa shape index (κ1) is 12.7. The van der Waals surface area contributed by atoms with E-state index in [2.05, 4.69) is 18.2 Å². The minimum absolute atomic E-state index is 0.317. The predicted octanol–water partition coefficient (Wildman–Crippen LogP) is 4.46. The standard InChI is InChI=1S/C16H18O2/c1-16(2,3)18-17-15-11-7-10-14(12-15)13-8-5-4-6-9-13/h4-12H,1-3H3. The summed E-state index contributed by atoms with van der Waals surface area (Å²) in [5.41, 5.74) is 1.97. The molecule has 0 fully saturated rings. The SMILES string of the molecule is CC(C)(C)OOc1cccc(-c2ccccc2)c1. The van der Waals surface area contributed by atoms with Crippen LogP contribution in [0.15, 0.2) is 54.6 Å². The maximum absolute atomic E-state index is 5.33. The molecule has 2 aromatic rings. The molecule has 0 saturated heterocycles. The Hall–Kier alpha value is -1.80. The van der Waals surface area contributed by atoms with Crippen molar-refractivity contribution in [3.05, 3.63) is 54.6 Å². The molecule has 18 heavy (non-hydrogen) atoms. The third kappa shape index (κ3) is 3.60. The fraction of sp³-hybridized carbons (Fsp3) is 0.250. The topological polar surface area (TPSA) is 18.5 Å². The second-order valence-corrected chi connectivity index (χ2v) is 5.17. The van der Waals surface area contributed by atoms with Gasteiger partial charge in [-0.1, -0.05) is 42.5 Å². The molecule has 2 aromatic carbocycles. The molecule has 0 aliphatic heterocycles. The fourth-order valence-electron chi connectivity index (χ4n) is 1.53. The molecule has 0 aliphatic rings. The predicted molar refractivity (Wildman–Crippen MR) is 73.3 cm³/mol. The van der Waals surface area contributed by atoms with Gasteiger partial charge in [0.1, 0.15) is 5.60 Å². The van der Waals surface area contributed by atoms with Gasteiger partial charge in [-0.25, -0.2) is 0 Å². The van der Waals surface area contributed by atoms with Crippen molar-refractivity contribution in [3.8, 4) is 16.9 Å². The summed E-state index contributed by atoms with van der Waals surface area (Å²) < 4.78 is 0. The van der Waals surface area contributed by atoms with E-state index in [1.165, 1.54) is 5.56 Å². The van der Waals surface area contributed by atoms with Gasteiger partial charge in [-0.2, -0.15) is 4.89 Å². The summed E-state index contributed by atoms with van der Waals surface area (Å²) in [6.07, 6.45) is 0. The number of hydrogen-bond donors (Lipinski definition) is 0. The Balaban J connectivity index is 2.16. The minimum Gasteiger partial charge on any atom is -0.337 e. The quantitative estimate of drug-likeness (QED) is 0.584. The van der Waals surface area contributed by atoms with Gasteiger partial charge in [-0.3, -0.25) is 0 Å². The molecule has 0 atom stereocenters. The van der Waals surface area contributed by atoms with Crippen molar-refractivity contribution >= 4 is 0 Å². The maximum Gasteiger partial charge on any atom is 0.166 e. The zero-order valence-corrected chi connectivity index (χ0v) is 11.0. The Morgan fingerprint density at radius 2 is 1.44 bits per heavy atom. The Bertz CT molecular complexity index is 498. The Labute approximate surface area is 108 Å². The molecule has 0 radical (unpaired) electrons. The van der Waals surface area contributed by atoms with E-state index in [9.17, 15) is 0 Å². The molecule has 0 spiro atoms. The summed E-state index contributed by atoms with van der Waals surface area (Å²) >= 11 is 0. The zero-order valence-electron chi connectivity index (χ0n) is 11.0. The summed E-state index contributed by atoms with van der Waals surface area (Å²) in [7, 11) is 0. The van der Waals surface area contributed by atoms with E-state index in [1.807, 2.05) is 57.2 Å². The highest BCUT2D eigenvalue weighted by atomic mass is 17.2. The summed E-state index contributed by atoms with van der Waals surface area (Å²) in [4.78, 5) is 10.6. The Morgan fingerprint density at radius 1 is 0.778 bits per heavy atom. The van der Waals surface area contributed by atoms with Crippen LogP contribution in [0, 0.1) is 0 Å². The van der Waals surface area contributed by atoms with Crippen LogP contribution in [0.2, 0.25) is 0 Å². The van der Waals surface area contributed by atoms with E-state index in [4.69, 9.17) is 9.78 Å². The zero-order chi connectivity index (χ0) is 13.0. The lowest BCUT2D eigenvalue weighted by Gasteiger charge is -2.17. The monoisotopic (exact) mass is 242 g/mol. The van der Waals surface area contributed by atoms with Crippen LogP contribution in [0.4, 0.5) is 0 Å². The van der Waals surface area contributed by atoms with Crippen LogP contribution in [0.25, 0.3) is 11.1 Å². The molecule has 0 aliphatic carbocycles. The molecule has 0 saturated carbocycles. The lowest BCUT2D eigenvalue weighted by Crippen LogP contribution is -2.21. The summed E-state index contributed by atoms with van der Waals surface area (Å²) in [5, 5.41) is 0. The van der Waals surface area contributed by atoms with Crippen LogP contribution >= 0.6 is 0 Å². The van der Waals surface area contributed by atoms with Crippen molar-refractivity contribution in [3.63, 3.8) is 0 Å². The van der Waals surface area contributed by atoms with Gasteiger partial charge in [0.25, 0.3) is 0 Å². The maximum atomic E-state index is 5.33. The van der Waals surface area contributed by atoms with Gasteiger partial charge in [0.15, 0.2) is 5.75 Å². The highest BCUT2D eigenvalue weighted by molar-refractivity contribution is 5.64. The summed E-state index contributed by atoms with van der Waals surface area (Å²) in [6, 6.07) is 18.1. The highest BCUT2D eigenvalue weighted by Gasteiger charge is 2.12. The normalized spacial score (nSPS) is 11.3. The van der Waals surface area contributed by atoms with Gasteiger partial charge in [-0.05, 0) is 44.0 Å². The molecular formula is C16H18O2. The van der Waals surface area contributed by atoms with Gasteiger partial charge in [-0.15, -0.1) is 0 Å². The van der Waals surface area contributed by atoms with Crippen molar-refractivity contribution in [2.45, 2.75) is 26.4 Å². The van der Waals surface area contributed by atoms with Crippen molar-refractivity contribution in [1.82, 2.24) is 0 Å². The number of benzene rings is 2. The fourth-order valence-corrected chi connectivity index (χ4v) is 1.53. The smallest absolute Gasteiger partial charge is 0.166 e. The van der Waals surface area contributed by atoms with E-state index in [1.54, 1.807) is 0 Å². The molecule has 0 N–H and O–H groups in total. The molecule has 0 amide bonds. The second-order valence-electron chi connectivity index (χ2n) is 5.17. The summed E-state index contributed by atoms with van der Waals surface area (Å²) in [5.74, 6) is 0.714. The van der Waals surface area contributed by atoms with Gasteiger partial charge >= 0.3 is 0 Å². The van der Waals surface area contributed by atoms with E-state index in [0.29, 0.717) is 5.75 Å². The summed E-state index contributed by atoms with van der Waals surface area (Å²) in [6.45, 7) is 5.86. The third-order valence-corrected chi connectivity index (χ3v) is 2.33. The molecule has 94 valence electrons. The lowest BCUT2D eigenvalue weighted by atomic mass is 10.1. The van der Waals surface area contributed by atoms with Gasteiger partial charge in [0.2, 0.25) is 0 Å². The van der Waals surface area contributed by atoms with E-state index >= 15 is 0 Å². The first-order valence-electron chi connectivity index (χ1n) is 6.06. The molecule has 0 unspecified atom stereocenters. The number of hydrogen-bond acceptors (Lipinski definition) is 2. The van der Waals surface area contributed by atoms with Crippen LogP contribution in [-0.4, -0.2) is 5.60 Å².